The van der Waals surface area contributed by atoms with E-state index in [4.69, 9.17) is 17.3 Å². The van der Waals surface area contributed by atoms with Gasteiger partial charge in [-0.05, 0) is 24.6 Å². The number of benzene rings is 1. The number of thioether (sulfide) groups is 1. The predicted molar refractivity (Wildman–Crippen MR) is 73.3 cm³/mol. The number of nitrogens with one attached hydrogen (secondary N) is 1. The second kappa shape index (κ2) is 5.20. The Hall–Kier alpha value is -1.20. The molecule has 1 fully saturated rings. The molecule has 96 valence electrons. The van der Waals surface area contributed by atoms with Gasteiger partial charge in [0, 0.05) is 22.6 Å². The smallest absolute Gasteiger partial charge is 0.252 e. The van der Waals surface area contributed by atoms with Gasteiger partial charge in [0.25, 0.3) is 5.91 Å². The molecule has 18 heavy (non-hydrogen) atoms. The van der Waals surface area contributed by atoms with Gasteiger partial charge in [0.2, 0.25) is 5.91 Å². The quantitative estimate of drug-likeness (QED) is 0.885. The first kappa shape index (κ1) is 13.2. The van der Waals surface area contributed by atoms with Crippen molar-refractivity contribution in [3.63, 3.8) is 0 Å². The lowest BCUT2D eigenvalue weighted by Gasteiger charge is -2.26. The van der Waals surface area contributed by atoms with E-state index in [2.05, 4.69) is 5.32 Å². The van der Waals surface area contributed by atoms with Crippen LogP contribution in [0.4, 0.5) is 0 Å². The molecule has 1 aliphatic rings. The molecule has 2 amide bonds. The van der Waals surface area contributed by atoms with Crippen molar-refractivity contribution < 1.29 is 9.59 Å². The summed E-state index contributed by atoms with van der Waals surface area (Å²) in [6.07, 6.45) is 0. The Balaban J connectivity index is 2.34. The van der Waals surface area contributed by atoms with Gasteiger partial charge in [-0.15, -0.1) is 0 Å². The fourth-order valence-electron chi connectivity index (χ4n) is 1.83. The molecule has 0 radical (unpaired) electrons. The summed E-state index contributed by atoms with van der Waals surface area (Å²) in [4.78, 5) is 23.5. The Morgan fingerprint density at radius 1 is 1.44 bits per heavy atom. The summed E-state index contributed by atoms with van der Waals surface area (Å²) in [5.74, 6) is 0.894. The zero-order chi connectivity index (χ0) is 13.3. The van der Waals surface area contributed by atoms with E-state index in [1.54, 1.807) is 24.8 Å². The third kappa shape index (κ3) is 2.62. The maximum absolute atomic E-state index is 12.1. The Labute approximate surface area is 114 Å². The molecule has 1 aromatic carbocycles. The molecule has 0 aliphatic carbocycles. The van der Waals surface area contributed by atoms with Crippen LogP contribution in [-0.4, -0.2) is 29.4 Å². The van der Waals surface area contributed by atoms with Gasteiger partial charge < -0.3 is 11.1 Å². The van der Waals surface area contributed by atoms with Crippen LogP contribution in [0.1, 0.15) is 26.3 Å². The lowest BCUT2D eigenvalue weighted by molar-refractivity contribution is 0.0926. The van der Waals surface area contributed by atoms with E-state index in [1.165, 1.54) is 6.07 Å². The minimum Gasteiger partial charge on any atom is -0.366 e. The Morgan fingerprint density at radius 3 is 2.61 bits per heavy atom. The highest BCUT2D eigenvalue weighted by Crippen LogP contribution is 2.22. The summed E-state index contributed by atoms with van der Waals surface area (Å²) in [5, 5.41) is 3.28. The van der Waals surface area contributed by atoms with E-state index in [1.807, 2.05) is 0 Å². The molecule has 0 atom stereocenters. The minimum absolute atomic E-state index is 0.169. The third-order valence-corrected chi connectivity index (χ3v) is 4.26. The van der Waals surface area contributed by atoms with Crippen molar-refractivity contribution in [3.8, 4) is 0 Å². The van der Waals surface area contributed by atoms with Gasteiger partial charge in [0.1, 0.15) is 0 Å². The van der Waals surface area contributed by atoms with Gasteiger partial charge in [-0.1, -0.05) is 11.6 Å². The van der Waals surface area contributed by atoms with E-state index in [0.29, 0.717) is 10.6 Å². The Morgan fingerprint density at radius 2 is 2.11 bits per heavy atom. The molecule has 6 heteroatoms. The molecule has 0 aromatic heterocycles. The van der Waals surface area contributed by atoms with Crippen molar-refractivity contribution in [1.29, 1.82) is 0 Å². The first-order valence-electron chi connectivity index (χ1n) is 5.47. The molecule has 0 unspecified atom stereocenters. The van der Waals surface area contributed by atoms with Crippen LogP contribution < -0.4 is 11.1 Å². The second-order valence-corrected chi connectivity index (χ2v) is 5.73. The van der Waals surface area contributed by atoms with Gasteiger partial charge in [-0.2, -0.15) is 11.8 Å². The molecule has 0 saturated carbocycles. The number of halogens is 1. The molecule has 4 nitrogen and oxygen atoms in total. The van der Waals surface area contributed by atoms with Gasteiger partial charge in [0.05, 0.1) is 11.1 Å². The molecule has 0 bridgehead atoms. The molecule has 1 saturated heterocycles. The minimum atomic E-state index is -0.614. The topological polar surface area (TPSA) is 72.2 Å². The molecular weight excluding hydrogens is 272 g/mol. The van der Waals surface area contributed by atoms with E-state index in [9.17, 15) is 9.59 Å². The highest BCUT2D eigenvalue weighted by molar-refractivity contribution is 8.00. The SMILES string of the molecule is Cc1cc(Cl)cc(C(=O)NC2CSC2)c1C(N)=O. The molecule has 2 rings (SSSR count). The molecular formula is C12H13ClN2O2S. The van der Waals surface area contributed by atoms with Crippen molar-refractivity contribution >= 4 is 35.2 Å². The summed E-state index contributed by atoms with van der Waals surface area (Å²) in [5.41, 5.74) is 6.42. The molecule has 3 N–H and O–H groups in total. The largest absolute Gasteiger partial charge is 0.366 e. The lowest BCUT2D eigenvalue weighted by Crippen LogP contribution is -2.44. The van der Waals surface area contributed by atoms with Crippen LogP contribution in [-0.2, 0) is 0 Å². The first-order chi connectivity index (χ1) is 8.49. The van der Waals surface area contributed by atoms with Crippen LogP contribution in [0.15, 0.2) is 12.1 Å². The number of aryl methyl sites for hydroxylation is 1. The highest BCUT2D eigenvalue weighted by Gasteiger charge is 2.24. The summed E-state index contributed by atoms with van der Waals surface area (Å²) in [7, 11) is 0. The highest BCUT2D eigenvalue weighted by atomic mass is 35.5. The number of nitrogens with two attached hydrogens (primary N) is 1. The normalized spacial score (nSPS) is 15.0. The van der Waals surface area contributed by atoms with Crippen molar-refractivity contribution in [2.75, 3.05) is 11.5 Å². The van der Waals surface area contributed by atoms with E-state index in [0.717, 1.165) is 11.5 Å². The van der Waals surface area contributed by atoms with Crippen LogP contribution in [0, 0.1) is 6.92 Å². The number of carbonyl (C=O) groups excluding carboxylic acids is 2. The van der Waals surface area contributed by atoms with Crippen LogP contribution >= 0.6 is 23.4 Å². The van der Waals surface area contributed by atoms with Crippen molar-refractivity contribution in [1.82, 2.24) is 5.32 Å². The first-order valence-corrected chi connectivity index (χ1v) is 7.01. The predicted octanol–water partition coefficient (Wildman–Crippen LogP) is 1.59. The van der Waals surface area contributed by atoms with E-state index >= 15 is 0 Å². The maximum atomic E-state index is 12.1. The summed E-state index contributed by atoms with van der Waals surface area (Å²) in [6.45, 7) is 1.71. The van der Waals surface area contributed by atoms with Gasteiger partial charge >= 0.3 is 0 Å². The monoisotopic (exact) mass is 284 g/mol. The van der Waals surface area contributed by atoms with Crippen molar-refractivity contribution in [3.05, 3.63) is 33.8 Å². The average Bonchev–Trinajstić information content (AvgIpc) is 2.21. The lowest BCUT2D eigenvalue weighted by atomic mass is 10.0. The summed E-state index contributed by atoms with van der Waals surface area (Å²) in [6, 6.07) is 3.27. The van der Waals surface area contributed by atoms with Crippen molar-refractivity contribution in [2.45, 2.75) is 13.0 Å². The van der Waals surface area contributed by atoms with E-state index in [-0.39, 0.29) is 23.1 Å². The summed E-state index contributed by atoms with van der Waals surface area (Å²) >= 11 is 7.69. The summed E-state index contributed by atoms with van der Waals surface area (Å²) < 4.78 is 0. The Bertz CT molecular complexity index is 515. The number of hydrogen-bond donors (Lipinski definition) is 2. The molecule has 0 spiro atoms. The van der Waals surface area contributed by atoms with Gasteiger partial charge in [-0.25, -0.2) is 0 Å². The number of hydrogen-bond acceptors (Lipinski definition) is 3. The average molecular weight is 285 g/mol. The number of amides is 2. The number of rotatable bonds is 3. The molecule has 1 heterocycles. The zero-order valence-electron chi connectivity index (χ0n) is 9.83. The Kier molecular flexibility index (Phi) is 3.82. The molecule has 1 aromatic rings. The number of primary amides is 1. The van der Waals surface area contributed by atoms with Crippen LogP contribution in [0.2, 0.25) is 5.02 Å². The van der Waals surface area contributed by atoms with Crippen molar-refractivity contribution in [2.24, 2.45) is 5.73 Å². The number of carbonyl (C=O) groups is 2. The van der Waals surface area contributed by atoms with Crippen LogP contribution in [0.5, 0.6) is 0 Å². The zero-order valence-corrected chi connectivity index (χ0v) is 11.4. The van der Waals surface area contributed by atoms with Crippen LogP contribution in [0.3, 0.4) is 0 Å². The molecule has 1 aliphatic heterocycles. The van der Waals surface area contributed by atoms with Gasteiger partial charge in [-0.3, -0.25) is 9.59 Å². The van der Waals surface area contributed by atoms with E-state index < -0.39 is 5.91 Å². The third-order valence-electron chi connectivity index (χ3n) is 2.76. The maximum Gasteiger partial charge on any atom is 0.252 e. The standard InChI is InChI=1S/C12H13ClN2O2S/c1-6-2-7(13)3-9(10(6)11(14)16)12(17)15-8-4-18-5-8/h2-3,8H,4-5H2,1H3,(H2,14,16)(H,15,17). The van der Waals surface area contributed by atoms with Gasteiger partial charge in [0.15, 0.2) is 0 Å². The second-order valence-electron chi connectivity index (χ2n) is 4.22. The van der Waals surface area contributed by atoms with Crippen LogP contribution in [0.25, 0.3) is 0 Å². The fraction of sp³-hybridized carbons (Fsp3) is 0.333. The fourth-order valence-corrected chi connectivity index (χ4v) is 2.74.